The van der Waals surface area contributed by atoms with Crippen molar-refractivity contribution in [3.05, 3.63) is 23.9 Å². The van der Waals surface area contributed by atoms with Crippen molar-refractivity contribution in [3.8, 4) is 6.07 Å². The van der Waals surface area contributed by atoms with Crippen LogP contribution in [-0.4, -0.2) is 47.6 Å². The van der Waals surface area contributed by atoms with Gasteiger partial charge in [-0.1, -0.05) is 0 Å². The Morgan fingerprint density at radius 2 is 2.45 bits per heavy atom. The number of cyclic esters (lactones) is 1. The van der Waals surface area contributed by atoms with Crippen LogP contribution in [0.1, 0.15) is 25.3 Å². The molecule has 0 radical (unpaired) electrons. The highest BCUT2D eigenvalue weighted by molar-refractivity contribution is 5.78. The molecule has 2 saturated heterocycles. The second-order valence-electron chi connectivity index (χ2n) is 6.04. The van der Waals surface area contributed by atoms with Crippen LogP contribution in [0.15, 0.2) is 18.3 Å². The molecule has 1 aromatic rings. The molecule has 0 aromatic carbocycles. The van der Waals surface area contributed by atoms with E-state index in [0.717, 1.165) is 32.5 Å². The van der Waals surface area contributed by atoms with Crippen LogP contribution in [0.2, 0.25) is 0 Å². The number of hydrogen-bond acceptors (Lipinski definition) is 6. The Morgan fingerprint density at radius 1 is 1.59 bits per heavy atom. The Bertz CT molecular complexity index is 598. The molecule has 116 valence electrons. The zero-order valence-corrected chi connectivity index (χ0v) is 12.7. The number of nitrogens with zero attached hydrogens (tertiary/aromatic N) is 3. The molecule has 3 atom stereocenters. The Hall–Kier alpha value is -2.13. The molecule has 1 aromatic heterocycles. The maximum atomic E-state index is 11.8. The first-order chi connectivity index (χ1) is 10.7. The standard InChI is InChI=1S/C16H20N4O2/c1-11-7-14(16(21)22-11)20-6-4-12(10-20)9-19-15-13(8-17)3-2-5-18-15/h2-3,5,11-12,14H,4,6-7,9-10H2,1H3,(H,18,19)/t11-,12+,14-/m1/s1. The maximum absolute atomic E-state index is 11.8. The minimum Gasteiger partial charge on any atom is -0.461 e. The predicted molar refractivity (Wildman–Crippen MR) is 81.1 cm³/mol. The van der Waals surface area contributed by atoms with Crippen molar-refractivity contribution in [1.82, 2.24) is 9.88 Å². The van der Waals surface area contributed by atoms with E-state index in [1.807, 2.05) is 6.92 Å². The Balaban J connectivity index is 1.53. The molecular formula is C16H20N4O2. The third kappa shape index (κ3) is 3.04. The van der Waals surface area contributed by atoms with E-state index >= 15 is 0 Å². The molecule has 0 bridgehead atoms. The topological polar surface area (TPSA) is 78.3 Å². The van der Waals surface area contributed by atoms with Crippen LogP contribution in [0.5, 0.6) is 0 Å². The van der Waals surface area contributed by atoms with Gasteiger partial charge in [0.1, 0.15) is 24.0 Å². The summed E-state index contributed by atoms with van der Waals surface area (Å²) in [5.41, 5.74) is 0.561. The molecule has 0 unspecified atom stereocenters. The van der Waals surface area contributed by atoms with Crippen LogP contribution in [-0.2, 0) is 9.53 Å². The van der Waals surface area contributed by atoms with Crippen molar-refractivity contribution in [1.29, 1.82) is 5.26 Å². The van der Waals surface area contributed by atoms with Gasteiger partial charge in [0, 0.05) is 25.7 Å². The zero-order chi connectivity index (χ0) is 15.5. The van der Waals surface area contributed by atoms with Gasteiger partial charge in [-0.15, -0.1) is 0 Å². The van der Waals surface area contributed by atoms with E-state index in [4.69, 9.17) is 10.00 Å². The summed E-state index contributed by atoms with van der Waals surface area (Å²) in [5.74, 6) is 1.01. The second kappa shape index (κ2) is 6.32. The average Bonchev–Trinajstić information content (AvgIpc) is 3.11. The SMILES string of the molecule is C[C@@H]1C[C@@H](N2CC[C@@H](CNc3ncccc3C#N)C2)C(=O)O1. The molecule has 0 saturated carbocycles. The number of carbonyl (C=O) groups is 1. The number of likely N-dealkylation sites (tertiary alicyclic amines) is 1. The van der Waals surface area contributed by atoms with Crippen molar-refractivity contribution < 1.29 is 9.53 Å². The summed E-state index contributed by atoms with van der Waals surface area (Å²) in [7, 11) is 0. The molecule has 2 aliphatic heterocycles. The largest absolute Gasteiger partial charge is 0.461 e. The number of nitrogens with one attached hydrogen (secondary N) is 1. The highest BCUT2D eigenvalue weighted by Crippen LogP contribution is 2.26. The fourth-order valence-electron chi connectivity index (χ4n) is 3.22. The molecule has 3 heterocycles. The van der Waals surface area contributed by atoms with Gasteiger partial charge in [0.15, 0.2) is 0 Å². The van der Waals surface area contributed by atoms with E-state index in [1.54, 1.807) is 18.3 Å². The minimum absolute atomic E-state index is 0.0291. The fourth-order valence-corrected chi connectivity index (χ4v) is 3.22. The van der Waals surface area contributed by atoms with Crippen molar-refractivity contribution in [2.45, 2.75) is 31.9 Å². The van der Waals surface area contributed by atoms with Gasteiger partial charge >= 0.3 is 5.97 Å². The molecular weight excluding hydrogens is 280 g/mol. The number of nitriles is 1. The van der Waals surface area contributed by atoms with Gasteiger partial charge < -0.3 is 10.1 Å². The molecule has 6 nitrogen and oxygen atoms in total. The summed E-state index contributed by atoms with van der Waals surface area (Å²) in [6.45, 7) is 4.51. The van der Waals surface area contributed by atoms with Crippen molar-refractivity contribution in [2.75, 3.05) is 25.0 Å². The first-order valence-corrected chi connectivity index (χ1v) is 7.71. The average molecular weight is 300 g/mol. The number of ether oxygens (including phenoxy) is 1. The lowest BCUT2D eigenvalue weighted by Crippen LogP contribution is -2.37. The third-order valence-corrected chi connectivity index (χ3v) is 4.39. The summed E-state index contributed by atoms with van der Waals surface area (Å²) in [6.07, 6.45) is 3.54. The first kappa shape index (κ1) is 14.8. The maximum Gasteiger partial charge on any atom is 0.323 e. The number of rotatable bonds is 4. The van der Waals surface area contributed by atoms with Crippen LogP contribution in [0.3, 0.4) is 0 Å². The summed E-state index contributed by atoms with van der Waals surface area (Å²) < 4.78 is 5.24. The summed E-state index contributed by atoms with van der Waals surface area (Å²) in [6, 6.07) is 5.57. The van der Waals surface area contributed by atoms with Crippen molar-refractivity contribution in [2.24, 2.45) is 5.92 Å². The summed E-state index contributed by atoms with van der Waals surface area (Å²) in [4.78, 5) is 18.2. The lowest BCUT2D eigenvalue weighted by molar-refractivity contribution is -0.144. The normalized spacial score (nSPS) is 28.4. The van der Waals surface area contributed by atoms with Gasteiger partial charge in [0.25, 0.3) is 0 Å². The summed E-state index contributed by atoms with van der Waals surface area (Å²) >= 11 is 0. The van der Waals surface area contributed by atoms with E-state index in [0.29, 0.717) is 17.3 Å². The van der Waals surface area contributed by atoms with Gasteiger partial charge in [0.2, 0.25) is 0 Å². The van der Waals surface area contributed by atoms with Crippen molar-refractivity contribution >= 4 is 11.8 Å². The Kier molecular flexibility index (Phi) is 4.25. The molecule has 22 heavy (non-hydrogen) atoms. The van der Waals surface area contributed by atoms with E-state index in [1.165, 1.54) is 0 Å². The first-order valence-electron chi connectivity index (χ1n) is 7.71. The highest BCUT2D eigenvalue weighted by Gasteiger charge is 2.39. The molecule has 6 heteroatoms. The van der Waals surface area contributed by atoms with Gasteiger partial charge in [-0.2, -0.15) is 5.26 Å². The van der Waals surface area contributed by atoms with E-state index in [9.17, 15) is 4.79 Å². The van der Waals surface area contributed by atoms with Gasteiger partial charge in [-0.3, -0.25) is 9.69 Å². The van der Waals surface area contributed by atoms with Crippen LogP contribution in [0.25, 0.3) is 0 Å². The fraction of sp³-hybridized carbons (Fsp3) is 0.562. The lowest BCUT2D eigenvalue weighted by atomic mass is 10.1. The minimum atomic E-state index is -0.0856. The molecule has 0 spiro atoms. The smallest absolute Gasteiger partial charge is 0.323 e. The molecule has 0 aliphatic carbocycles. The second-order valence-corrected chi connectivity index (χ2v) is 6.04. The molecule has 3 rings (SSSR count). The van der Waals surface area contributed by atoms with Gasteiger partial charge in [-0.25, -0.2) is 4.98 Å². The Labute approximate surface area is 130 Å². The number of aromatic nitrogens is 1. The number of pyridine rings is 1. The van der Waals surface area contributed by atoms with Crippen LogP contribution in [0.4, 0.5) is 5.82 Å². The molecule has 1 N–H and O–H groups in total. The Morgan fingerprint density at radius 3 is 3.18 bits per heavy atom. The van der Waals surface area contributed by atoms with E-state index < -0.39 is 0 Å². The molecule has 0 amide bonds. The summed E-state index contributed by atoms with van der Waals surface area (Å²) in [5, 5.41) is 12.3. The van der Waals surface area contributed by atoms with Crippen molar-refractivity contribution in [3.63, 3.8) is 0 Å². The number of anilines is 1. The number of carbonyl (C=O) groups excluding carboxylic acids is 1. The third-order valence-electron chi connectivity index (χ3n) is 4.39. The van der Waals surface area contributed by atoms with E-state index in [-0.39, 0.29) is 18.1 Å². The van der Waals surface area contributed by atoms with Crippen LogP contribution in [0, 0.1) is 17.2 Å². The number of esters is 1. The molecule has 2 aliphatic rings. The molecule has 2 fully saturated rings. The van der Waals surface area contributed by atoms with Gasteiger partial charge in [-0.05, 0) is 37.9 Å². The zero-order valence-electron chi connectivity index (χ0n) is 12.7. The highest BCUT2D eigenvalue weighted by atomic mass is 16.6. The van der Waals surface area contributed by atoms with Crippen LogP contribution < -0.4 is 5.32 Å². The predicted octanol–water partition coefficient (Wildman–Crippen LogP) is 1.39. The lowest BCUT2D eigenvalue weighted by Gasteiger charge is -2.20. The quantitative estimate of drug-likeness (QED) is 0.847. The number of hydrogen-bond donors (Lipinski definition) is 1. The van der Waals surface area contributed by atoms with Crippen LogP contribution >= 0.6 is 0 Å². The van der Waals surface area contributed by atoms with Gasteiger partial charge in [0.05, 0.1) is 5.56 Å². The van der Waals surface area contributed by atoms with E-state index in [2.05, 4.69) is 21.3 Å². The monoisotopic (exact) mass is 300 g/mol.